The second kappa shape index (κ2) is 8.17. The Balaban J connectivity index is 2.87. The Morgan fingerprint density at radius 1 is 1.12 bits per heavy atom. The monoisotopic (exact) mass is 236 g/mol. The SMILES string of the molecule is CNCCc1nccc(CCN)c1CCNC. The largest absolute Gasteiger partial charge is 0.330 e. The van der Waals surface area contributed by atoms with Crippen LogP contribution in [0, 0.1) is 0 Å². The molecule has 0 radical (unpaired) electrons. The van der Waals surface area contributed by atoms with Crippen molar-refractivity contribution >= 4 is 0 Å². The van der Waals surface area contributed by atoms with Gasteiger partial charge in [0.15, 0.2) is 0 Å². The van der Waals surface area contributed by atoms with E-state index in [0.29, 0.717) is 6.54 Å². The average molecular weight is 236 g/mol. The number of nitrogens with one attached hydrogen (secondary N) is 2. The summed E-state index contributed by atoms with van der Waals surface area (Å²) in [5, 5.41) is 6.36. The van der Waals surface area contributed by atoms with Crippen LogP contribution in [0.25, 0.3) is 0 Å². The lowest BCUT2D eigenvalue weighted by Crippen LogP contribution is -2.18. The molecule has 0 aliphatic carbocycles. The molecule has 0 amide bonds. The Labute approximate surface area is 104 Å². The summed E-state index contributed by atoms with van der Waals surface area (Å²) >= 11 is 0. The first-order valence-electron chi connectivity index (χ1n) is 6.28. The standard InChI is InChI=1S/C13H24N4/c1-15-8-5-12-11(3-7-14)4-10-17-13(12)6-9-16-2/h4,10,15-16H,3,5-9,14H2,1-2H3. The molecule has 0 saturated carbocycles. The number of hydrogen-bond acceptors (Lipinski definition) is 4. The fourth-order valence-corrected chi connectivity index (χ4v) is 1.98. The maximum atomic E-state index is 5.66. The number of hydrogen-bond donors (Lipinski definition) is 3. The molecule has 0 saturated heterocycles. The number of rotatable bonds is 8. The molecule has 4 heteroatoms. The molecular weight excluding hydrogens is 212 g/mol. The second-order valence-electron chi connectivity index (χ2n) is 4.14. The minimum Gasteiger partial charge on any atom is -0.330 e. The number of nitrogens with two attached hydrogens (primary N) is 1. The molecule has 1 aromatic heterocycles. The van der Waals surface area contributed by atoms with Gasteiger partial charge in [-0.1, -0.05) is 0 Å². The first-order valence-corrected chi connectivity index (χ1v) is 6.28. The van der Waals surface area contributed by atoms with Crippen LogP contribution in [0.15, 0.2) is 12.3 Å². The van der Waals surface area contributed by atoms with Gasteiger partial charge in [0.1, 0.15) is 0 Å². The van der Waals surface area contributed by atoms with Gasteiger partial charge in [0.2, 0.25) is 0 Å². The normalized spacial score (nSPS) is 10.8. The van der Waals surface area contributed by atoms with Crippen molar-refractivity contribution in [3.8, 4) is 0 Å². The molecule has 1 aromatic rings. The van der Waals surface area contributed by atoms with Crippen LogP contribution in [0.4, 0.5) is 0 Å². The van der Waals surface area contributed by atoms with Crippen LogP contribution in [0.5, 0.6) is 0 Å². The summed E-state index contributed by atoms with van der Waals surface area (Å²) in [6.07, 6.45) is 4.85. The molecule has 0 unspecified atom stereocenters. The molecule has 4 nitrogen and oxygen atoms in total. The predicted molar refractivity (Wildman–Crippen MR) is 72.3 cm³/mol. The molecule has 4 N–H and O–H groups in total. The van der Waals surface area contributed by atoms with Gasteiger partial charge in [-0.05, 0) is 57.2 Å². The summed E-state index contributed by atoms with van der Waals surface area (Å²) in [4.78, 5) is 4.50. The molecule has 96 valence electrons. The van der Waals surface area contributed by atoms with Crippen molar-refractivity contribution < 1.29 is 0 Å². The van der Waals surface area contributed by atoms with Crippen molar-refractivity contribution in [2.75, 3.05) is 33.7 Å². The van der Waals surface area contributed by atoms with E-state index in [1.54, 1.807) is 0 Å². The Hall–Kier alpha value is -0.970. The average Bonchev–Trinajstić information content (AvgIpc) is 2.35. The van der Waals surface area contributed by atoms with Crippen LogP contribution < -0.4 is 16.4 Å². The Kier molecular flexibility index (Phi) is 6.77. The van der Waals surface area contributed by atoms with Crippen molar-refractivity contribution in [1.82, 2.24) is 15.6 Å². The second-order valence-corrected chi connectivity index (χ2v) is 4.14. The van der Waals surface area contributed by atoms with Gasteiger partial charge in [-0.15, -0.1) is 0 Å². The number of likely N-dealkylation sites (N-methyl/N-ethyl adjacent to an activating group) is 2. The molecule has 0 spiro atoms. The first kappa shape index (κ1) is 14.1. The van der Waals surface area contributed by atoms with Gasteiger partial charge in [0.05, 0.1) is 0 Å². The maximum Gasteiger partial charge on any atom is 0.0451 e. The van der Waals surface area contributed by atoms with Crippen molar-refractivity contribution in [3.63, 3.8) is 0 Å². The molecule has 0 aliphatic rings. The van der Waals surface area contributed by atoms with E-state index in [4.69, 9.17) is 5.73 Å². The van der Waals surface area contributed by atoms with E-state index in [2.05, 4.69) is 21.7 Å². The number of pyridine rings is 1. The molecule has 0 atom stereocenters. The zero-order chi connectivity index (χ0) is 12.5. The summed E-state index contributed by atoms with van der Waals surface area (Å²) in [5.41, 5.74) is 9.60. The molecule has 0 bridgehead atoms. The summed E-state index contributed by atoms with van der Waals surface area (Å²) in [7, 11) is 3.95. The Morgan fingerprint density at radius 3 is 2.47 bits per heavy atom. The molecule has 1 rings (SSSR count). The van der Waals surface area contributed by atoms with Gasteiger partial charge >= 0.3 is 0 Å². The van der Waals surface area contributed by atoms with E-state index in [0.717, 1.165) is 32.4 Å². The van der Waals surface area contributed by atoms with Crippen molar-refractivity contribution in [2.24, 2.45) is 5.73 Å². The topological polar surface area (TPSA) is 63.0 Å². The van der Waals surface area contributed by atoms with Gasteiger partial charge in [-0.2, -0.15) is 0 Å². The van der Waals surface area contributed by atoms with E-state index in [1.807, 2.05) is 20.3 Å². The first-order chi connectivity index (χ1) is 8.33. The zero-order valence-electron chi connectivity index (χ0n) is 10.9. The lowest BCUT2D eigenvalue weighted by atomic mass is 9.99. The van der Waals surface area contributed by atoms with Gasteiger partial charge in [0, 0.05) is 24.9 Å². The third-order valence-electron chi connectivity index (χ3n) is 2.89. The lowest BCUT2D eigenvalue weighted by Gasteiger charge is -2.13. The van der Waals surface area contributed by atoms with Gasteiger partial charge in [0.25, 0.3) is 0 Å². The van der Waals surface area contributed by atoms with Gasteiger partial charge in [-0.25, -0.2) is 0 Å². The summed E-state index contributed by atoms with van der Waals surface area (Å²) in [6, 6.07) is 2.10. The smallest absolute Gasteiger partial charge is 0.0451 e. The highest BCUT2D eigenvalue weighted by Crippen LogP contribution is 2.14. The van der Waals surface area contributed by atoms with Crippen LogP contribution >= 0.6 is 0 Å². The van der Waals surface area contributed by atoms with Crippen LogP contribution in [0.1, 0.15) is 16.8 Å². The van der Waals surface area contributed by atoms with Crippen LogP contribution in [0.3, 0.4) is 0 Å². The maximum absolute atomic E-state index is 5.66. The number of nitrogens with zero attached hydrogens (tertiary/aromatic N) is 1. The fraction of sp³-hybridized carbons (Fsp3) is 0.615. The highest BCUT2D eigenvalue weighted by Gasteiger charge is 2.08. The third kappa shape index (κ3) is 4.42. The lowest BCUT2D eigenvalue weighted by molar-refractivity contribution is 0.737. The Morgan fingerprint density at radius 2 is 1.82 bits per heavy atom. The summed E-state index contributed by atoms with van der Waals surface area (Å²) < 4.78 is 0. The van der Waals surface area contributed by atoms with Crippen molar-refractivity contribution in [2.45, 2.75) is 19.3 Å². The minimum atomic E-state index is 0.696. The fourth-order valence-electron chi connectivity index (χ4n) is 1.98. The highest BCUT2D eigenvalue weighted by molar-refractivity contribution is 5.31. The van der Waals surface area contributed by atoms with Gasteiger partial charge in [-0.3, -0.25) is 4.98 Å². The molecule has 1 heterocycles. The summed E-state index contributed by atoms with van der Waals surface area (Å²) in [5.74, 6) is 0. The third-order valence-corrected chi connectivity index (χ3v) is 2.89. The molecular formula is C13H24N4. The molecule has 0 aromatic carbocycles. The van der Waals surface area contributed by atoms with E-state index in [9.17, 15) is 0 Å². The van der Waals surface area contributed by atoms with Crippen LogP contribution in [-0.4, -0.2) is 38.7 Å². The van der Waals surface area contributed by atoms with Crippen LogP contribution in [-0.2, 0) is 19.3 Å². The Bertz CT molecular complexity index is 325. The van der Waals surface area contributed by atoms with Crippen molar-refractivity contribution in [1.29, 1.82) is 0 Å². The summed E-state index contributed by atoms with van der Waals surface area (Å²) in [6.45, 7) is 2.64. The molecule has 17 heavy (non-hydrogen) atoms. The zero-order valence-corrected chi connectivity index (χ0v) is 10.9. The van der Waals surface area contributed by atoms with Crippen LogP contribution in [0.2, 0.25) is 0 Å². The van der Waals surface area contributed by atoms with E-state index in [-0.39, 0.29) is 0 Å². The van der Waals surface area contributed by atoms with E-state index >= 15 is 0 Å². The molecule has 0 aliphatic heterocycles. The van der Waals surface area contributed by atoms with E-state index < -0.39 is 0 Å². The van der Waals surface area contributed by atoms with Crippen molar-refractivity contribution in [3.05, 3.63) is 29.1 Å². The quantitative estimate of drug-likeness (QED) is 0.599. The minimum absolute atomic E-state index is 0.696. The molecule has 0 fully saturated rings. The predicted octanol–water partition coefficient (Wildman–Crippen LogP) is 0.107. The number of aromatic nitrogens is 1. The van der Waals surface area contributed by atoms with E-state index in [1.165, 1.54) is 16.8 Å². The van der Waals surface area contributed by atoms with Gasteiger partial charge < -0.3 is 16.4 Å². The highest BCUT2D eigenvalue weighted by atomic mass is 14.8.